The molecule has 0 amide bonds. The molecule has 15 heavy (non-hydrogen) atoms. The molecular formula is C12H24O3. The van der Waals surface area contributed by atoms with E-state index in [-0.39, 0.29) is 5.41 Å². The summed E-state index contributed by atoms with van der Waals surface area (Å²) >= 11 is 0. The van der Waals surface area contributed by atoms with E-state index in [1.807, 2.05) is 0 Å². The van der Waals surface area contributed by atoms with Gasteiger partial charge in [-0.15, -0.1) is 0 Å². The molecule has 90 valence electrons. The smallest absolute Gasteiger partial charge is 0.0700 e. The van der Waals surface area contributed by atoms with Crippen molar-refractivity contribution in [1.29, 1.82) is 0 Å². The van der Waals surface area contributed by atoms with Gasteiger partial charge in [0.2, 0.25) is 0 Å². The van der Waals surface area contributed by atoms with Crippen LogP contribution in [-0.2, 0) is 9.47 Å². The minimum atomic E-state index is 0.227. The van der Waals surface area contributed by atoms with E-state index in [1.54, 1.807) is 7.11 Å². The average molecular weight is 216 g/mol. The second kappa shape index (κ2) is 7.20. The number of aliphatic hydroxyl groups is 1. The fraction of sp³-hybridized carbons (Fsp3) is 1.00. The van der Waals surface area contributed by atoms with Crippen LogP contribution in [0.5, 0.6) is 0 Å². The fourth-order valence-corrected chi connectivity index (χ4v) is 2.41. The molecule has 0 atom stereocenters. The Morgan fingerprint density at radius 2 is 1.87 bits per heavy atom. The van der Waals surface area contributed by atoms with Crippen LogP contribution >= 0.6 is 0 Å². The highest BCUT2D eigenvalue weighted by atomic mass is 16.5. The van der Waals surface area contributed by atoms with Crippen LogP contribution in [0.15, 0.2) is 0 Å². The molecular weight excluding hydrogens is 192 g/mol. The number of hydrogen-bond acceptors (Lipinski definition) is 3. The molecule has 1 fully saturated rings. The Hall–Kier alpha value is -0.120. The summed E-state index contributed by atoms with van der Waals surface area (Å²) in [5.41, 5.74) is 0.227. The zero-order valence-electron chi connectivity index (χ0n) is 9.83. The number of aliphatic hydroxyl groups excluding tert-OH is 1. The summed E-state index contributed by atoms with van der Waals surface area (Å²) in [6.07, 6.45) is 7.13. The lowest BCUT2D eigenvalue weighted by Crippen LogP contribution is -2.22. The third-order valence-corrected chi connectivity index (χ3v) is 3.43. The van der Waals surface area contributed by atoms with Crippen molar-refractivity contribution in [3.63, 3.8) is 0 Å². The zero-order chi connectivity index (χ0) is 11.0. The number of rotatable bonds is 8. The molecule has 0 spiro atoms. The summed E-state index contributed by atoms with van der Waals surface area (Å²) < 4.78 is 10.3. The minimum absolute atomic E-state index is 0.227. The van der Waals surface area contributed by atoms with E-state index >= 15 is 0 Å². The fourth-order valence-electron chi connectivity index (χ4n) is 2.41. The highest BCUT2D eigenvalue weighted by molar-refractivity contribution is 4.83. The standard InChI is InChI=1S/C12H24O3/c1-14-9-10-15-8-4-7-12(11-13)5-2-3-6-12/h13H,2-11H2,1H3. The van der Waals surface area contributed by atoms with Crippen LogP contribution in [0.25, 0.3) is 0 Å². The molecule has 0 unspecified atom stereocenters. The SMILES string of the molecule is COCCOCCCC1(CO)CCCC1. The summed E-state index contributed by atoms with van der Waals surface area (Å²) in [5, 5.41) is 9.40. The van der Waals surface area contributed by atoms with Crippen LogP contribution in [0.2, 0.25) is 0 Å². The number of ether oxygens (including phenoxy) is 2. The highest BCUT2D eigenvalue weighted by Crippen LogP contribution is 2.41. The maximum atomic E-state index is 9.40. The number of methoxy groups -OCH3 is 1. The second-order valence-corrected chi connectivity index (χ2v) is 4.57. The van der Waals surface area contributed by atoms with E-state index in [9.17, 15) is 5.11 Å². The summed E-state index contributed by atoms with van der Waals surface area (Å²) in [7, 11) is 1.68. The summed E-state index contributed by atoms with van der Waals surface area (Å²) in [4.78, 5) is 0. The highest BCUT2D eigenvalue weighted by Gasteiger charge is 2.32. The Labute approximate surface area is 92.8 Å². The molecule has 0 bridgehead atoms. The van der Waals surface area contributed by atoms with Gasteiger partial charge in [0.1, 0.15) is 0 Å². The first-order valence-electron chi connectivity index (χ1n) is 6.00. The minimum Gasteiger partial charge on any atom is -0.396 e. The van der Waals surface area contributed by atoms with Crippen LogP contribution in [0.4, 0.5) is 0 Å². The van der Waals surface area contributed by atoms with E-state index in [4.69, 9.17) is 9.47 Å². The van der Waals surface area contributed by atoms with Crippen molar-refractivity contribution in [2.75, 3.05) is 33.5 Å². The summed E-state index contributed by atoms with van der Waals surface area (Å²) in [6, 6.07) is 0. The Morgan fingerprint density at radius 1 is 1.13 bits per heavy atom. The Bertz CT molecular complexity index is 153. The topological polar surface area (TPSA) is 38.7 Å². The molecule has 1 aliphatic carbocycles. The molecule has 0 saturated heterocycles. The monoisotopic (exact) mass is 216 g/mol. The second-order valence-electron chi connectivity index (χ2n) is 4.57. The van der Waals surface area contributed by atoms with Gasteiger partial charge in [-0.1, -0.05) is 12.8 Å². The van der Waals surface area contributed by atoms with Crippen molar-refractivity contribution < 1.29 is 14.6 Å². The molecule has 3 heteroatoms. The van der Waals surface area contributed by atoms with Crippen molar-refractivity contribution in [2.45, 2.75) is 38.5 Å². The van der Waals surface area contributed by atoms with Gasteiger partial charge in [-0.3, -0.25) is 0 Å². The van der Waals surface area contributed by atoms with Gasteiger partial charge in [0.05, 0.1) is 13.2 Å². The van der Waals surface area contributed by atoms with E-state index in [0.717, 1.165) is 19.4 Å². The molecule has 1 aliphatic rings. The van der Waals surface area contributed by atoms with Crippen LogP contribution in [0, 0.1) is 5.41 Å². The Morgan fingerprint density at radius 3 is 2.47 bits per heavy atom. The van der Waals surface area contributed by atoms with E-state index in [0.29, 0.717) is 19.8 Å². The predicted molar refractivity (Wildman–Crippen MR) is 59.9 cm³/mol. The van der Waals surface area contributed by atoms with Crippen molar-refractivity contribution in [3.8, 4) is 0 Å². The van der Waals surface area contributed by atoms with Gasteiger partial charge < -0.3 is 14.6 Å². The Balaban J connectivity index is 2.02. The van der Waals surface area contributed by atoms with Gasteiger partial charge in [-0.25, -0.2) is 0 Å². The first-order valence-corrected chi connectivity index (χ1v) is 6.00. The van der Waals surface area contributed by atoms with Crippen LogP contribution in [0.3, 0.4) is 0 Å². The molecule has 0 aromatic rings. The quantitative estimate of drug-likeness (QED) is 0.631. The first kappa shape index (κ1) is 12.9. The summed E-state index contributed by atoms with van der Waals surface area (Å²) in [6.45, 7) is 2.50. The van der Waals surface area contributed by atoms with Crippen molar-refractivity contribution >= 4 is 0 Å². The maximum absolute atomic E-state index is 9.40. The van der Waals surface area contributed by atoms with E-state index in [2.05, 4.69) is 0 Å². The lowest BCUT2D eigenvalue weighted by Gasteiger charge is -2.26. The van der Waals surface area contributed by atoms with Crippen molar-refractivity contribution in [2.24, 2.45) is 5.41 Å². The first-order chi connectivity index (χ1) is 7.33. The van der Waals surface area contributed by atoms with Gasteiger partial charge in [-0.2, -0.15) is 0 Å². The van der Waals surface area contributed by atoms with Gasteiger partial charge >= 0.3 is 0 Å². The molecule has 1 N–H and O–H groups in total. The predicted octanol–water partition coefficient (Wildman–Crippen LogP) is 1.98. The van der Waals surface area contributed by atoms with Gasteiger partial charge in [-0.05, 0) is 31.1 Å². The maximum Gasteiger partial charge on any atom is 0.0700 e. The Kier molecular flexibility index (Phi) is 6.22. The average Bonchev–Trinajstić information content (AvgIpc) is 2.73. The lowest BCUT2D eigenvalue weighted by atomic mass is 9.82. The largest absolute Gasteiger partial charge is 0.396 e. The normalized spacial score (nSPS) is 19.6. The van der Waals surface area contributed by atoms with E-state index in [1.165, 1.54) is 25.7 Å². The van der Waals surface area contributed by atoms with Gasteiger partial charge in [0.25, 0.3) is 0 Å². The van der Waals surface area contributed by atoms with Crippen LogP contribution in [0.1, 0.15) is 38.5 Å². The van der Waals surface area contributed by atoms with Gasteiger partial charge in [0, 0.05) is 20.3 Å². The molecule has 0 heterocycles. The van der Waals surface area contributed by atoms with E-state index < -0.39 is 0 Å². The molecule has 1 rings (SSSR count). The molecule has 0 aliphatic heterocycles. The lowest BCUT2D eigenvalue weighted by molar-refractivity contribution is 0.0560. The van der Waals surface area contributed by atoms with Crippen molar-refractivity contribution in [3.05, 3.63) is 0 Å². The zero-order valence-corrected chi connectivity index (χ0v) is 9.83. The molecule has 0 aromatic carbocycles. The van der Waals surface area contributed by atoms with Gasteiger partial charge in [0.15, 0.2) is 0 Å². The van der Waals surface area contributed by atoms with Crippen LogP contribution in [-0.4, -0.2) is 38.6 Å². The molecule has 0 radical (unpaired) electrons. The van der Waals surface area contributed by atoms with Crippen molar-refractivity contribution in [1.82, 2.24) is 0 Å². The molecule has 3 nitrogen and oxygen atoms in total. The molecule has 1 saturated carbocycles. The molecule has 0 aromatic heterocycles. The summed E-state index contributed by atoms with van der Waals surface area (Å²) in [5.74, 6) is 0. The third kappa shape index (κ3) is 4.49. The third-order valence-electron chi connectivity index (χ3n) is 3.43. The number of hydrogen-bond donors (Lipinski definition) is 1. The van der Waals surface area contributed by atoms with Crippen LogP contribution < -0.4 is 0 Å².